The zero-order chi connectivity index (χ0) is 17.4. The van der Waals surface area contributed by atoms with E-state index in [0.29, 0.717) is 5.69 Å². The van der Waals surface area contributed by atoms with Gasteiger partial charge in [0.25, 0.3) is 0 Å². The van der Waals surface area contributed by atoms with Crippen LogP contribution in [0.5, 0.6) is 0 Å². The Morgan fingerprint density at radius 1 is 1.08 bits per heavy atom. The topological polar surface area (TPSA) is 70.6 Å². The van der Waals surface area contributed by atoms with Gasteiger partial charge in [-0.25, -0.2) is 9.82 Å². The monoisotopic (exact) mass is 439 g/mol. The van der Waals surface area contributed by atoms with E-state index in [1.165, 1.54) is 24.3 Å². The number of anilines is 1. The van der Waals surface area contributed by atoms with Crippen LogP contribution in [0.3, 0.4) is 0 Å². The maximum Gasteiger partial charge on any atom is 0.240 e. The van der Waals surface area contributed by atoms with Crippen molar-refractivity contribution in [1.82, 2.24) is 5.43 Å². The third-order valence-corrected chi connectivity index (χ3v) is 3.63. The van der Waals surface area contributed by atoms with Crippen LogP contribution in [0.25, 0.3) is 0 Å². The lowest BCUT2D eigenvalue weighted by molar-refractivity contribution is -0.124. The van der Waals surface area contributed by atoms with Gasteiger partial charge in [-0.15, -0.1) is 0 Å². The van der Waals surface area contributed by atoms with E-state index in [2.05, 4.69) is 38.4 Å². The highest BCUT2D eigenvalue weighted by Crippen LogP contribution is 2.09. The number of hydrazone groups is 1. The fourth-order valence-corrected chi connectivity index (χ4v) is 2.37. The Balaban J connectivity index is 1.72. The second-order valence-corrected chi connectivity index (χ2v) is 6.15. The first-order chi connectivity index (χ1) is 11.5. The normalized spacial score (nSPS) is 10.6. The van der Waals surface area contributed by atoms with Gasteiger partial charge in [0.15, 0.2) is 0 Å². The molecule has 0 atom stereocenters. The molecule has 0 saturated heterocycles. The number of amides is 2. The van der Waals surface area contributed by atoms with Gasteiger partial charge in [0.2, 0.25) is 11.8 Å². The van der Waals surface area contributed by atoms with Gasteiger partial charge in [-0.1, -0.05) is 12.1 Å². The van der Waals surface area contributed by atoms with Gasteiger partial charge in [-0.2, -0.15) is 5.10 Å². The summed E-state index contributed by atoms with van der Waals surface area (Å²) in [5, 5.41) is 6.44. The Kier molecular flexibility index (Phi) is 6.86. The zero-order valence-electron chi connectivity index (χ0n) is 12.6. The molecule has 0 aromatic heterocycles. The van der Waals surface area contributed by atoms with Crippen molar-refractivity contribution in [3.8, 4) is 0 Å². The van der Waals surface area contributed by atoms with Crippen LogP contribution in [0.2, 0.25) is 0 Å². The molecule has 2 N–H and O–H groups in total. The van der Waals surface area contributed by atoms with E-state index < -0.39 is 0 Å². The lowest BCUT2D eigenvalue weighted by atomic mass is 10.2. The molecule has 0 radical (unpaired) electrons. The second-order valence-electron chi connectivity index (χ2n) is 4.90. The average Bonchev–Trinajstić information content (AvgIpc) is 2.55. The minimum Gasteiger partial charge on any atom is -0.326 e. The number of benzene rings is 2. The smallest absolute Gasteiger partial charge is 0.240 e. The molecule has 2 amide bonds. The minimum atomic E-state index is -0.377. The molecule has 0 aliphatic heterocycles. The van der Waals surface area contributed by atoms with Crippen LogP contribution in [0.15, 0.2) is 53.6 Å². The summed E-state index contributed by atoms with van der Waals surface area (Å²) in [7, 11) is 0. The molecule has 0 spiro atoms. The molecule has 2 aromatic rings. The van der Waals surface area contributed by atoms with Crippen molar-refractivity contribution in [3.05, 3.63) is 63.5 Å². The predicted molar refractivity (Wildman–Crippen MR) is 99.2 cm³/mol. The highest BCUT2D eigenvalue weighted by molar-refractivity contribution is 14.1. The third-order valence-electron chi connectivity index (χ3n) is 2.96. The minimum absolute atomic E-state index is 0.0106. The first kappa shape index (κ1) is 18.1. The molecule has 0 bridgehead atoms. The number of rotatable bonds is 6. The van der Waals surface area contributed by atoms with Crippen molar-refractivity contribution < 1.29 is 14.0 Å². The van der Waals surface area contributed by atoms with E-state index in [1.807, 2.05) is 24.3 Å². The van der Waals surface area contributed by atoms with Gasteiger partial charge in [0.05, 0.1) is 6.21 Å². The standard InChI is InChI=1S/C17H15FIN3O2/c18-13-4-6-15(7-5-13)21-16(23)8-9-17(24)22-20-11-12-2-1-3-14(19)10-12/h1-7,10-11H,8-9H2,(H,21,23)(H,22,24)/b20-11+. The Morgan fingerprint density at radius 2 is 1.79 bits per heavy atom. The number of nitrogens with zero attached hydrogens (tertiary/aromatic N) is 1. The maximum absolute atomic E-state index is 12.8. The summed E-state index contributed by atoms with van der Waals surface area (Å²) >= 11 is 2.19. The van der Waals surface area contributed by atoms with Crippen LogP contribution < -0.4 is 10.7 Å². The van der Waals surface area contributed by atoms with E-state index in [9.17, 15) is 14.0 Å². The van der Waals surface area contributed by atoms with Gasteiger partial charge < -0.3 is 5.32 Å². The van der Waals surface area contributed by atoms with Gasteiger partial charge in [-0.05, 0) is 64.6 Å². The fourth-order valence-electron chi connectivity index (χ4n) is 1.81. The zero-order valence-corrected chi connectivity index (χ0v) is 14.8. The van der Waals surface area contributed by atoms with Crippen molar-refractivity contribution in [1.29, 1.82) is 0 Å². The summed E-state index contributed by atoms with van der Waals surface area (Å²) in [6.45, 7) is 0. The first-order valence-electron chi connectivity index (χ1n) is 7.16. The predicted octanol–water partition coefficient (Wildman–Crippen LogP) is 3.30. The highest BCUT2D eigenvalue weighted by Gasteiger charge is 2.06. The Bertz CT molecular complexity index is 748. The summed E-state index contributed by atoms with van der Waals surface area (Å²) in [4.78, 5) is 23.4. The van der Waals surface area contributed by atoms with E-state index in [-0.39, 0.29) is 30.5 Å². The highest BCUT2D eigenvalue weighted by atomic mass is 127. The Hall–Kier alpha value is -2.29. The average molecular weight is 439 g/mol. The number of halogens is 2. The third kappa shape index (κ3) is 6.45. The van der Waals surface area contributed by atoms with Crippen LogP contribution in [-0.4, -0.2) is 18.0 Å². The molecular weight excluding hydrogens is 424 g/mol. The van der Waals surface area contributed by atoms with Gasteiger partial charge in [-0.3, -0.25) is 9.59 Å². The van der Waals surface area contributed by atoms with Crippen LogP contribution in [0, 0.1) is 9.39 Å². The van der Waals surface area contributed by atoms with Crippen molar-refractivity contribution in [2.45, 2.75) is 12.8 Å². The molecule has 0 heterocycles. The van der Waals surface area contributed by atoms with Crippen LogP contribution in [-0.2, 0) is 9.59 Å². The Morgan fingerprint density at radius 3 is 2.50 bits per heavy atom. The molecule has 124 valence electrons. The van der Waals surface area contributed by atoms with E-state index >= 15 is 0 Å². The van der Waals surface area contributed by atoms with E-state index in [0.717, 1.165) is 9.13 Å². The maximum atomic E-state index is 12.8. The summed E-state index contributed by atoms with van der Waals surface area (Å²) < 4.78 is 13.8. The summed E-state index contributed by atoms with van der Waals surface area (Å²) in [6.07, 6.45) is 1.57. The van der Waals surface area contributed by atoms with E-state index in [1.54, 1.807) is 6.21 Å². The van der Waals surface area contributed by atoms with Gasteiger partial charge >= 0.3 is 0 Å². The van der Waals surface area contributed by atoms with E-state index in [4.69, 9.17) is 0 Å². The van der Waals surface area contributed by atoms with Crippen molar-refractivity contribution in [2.24, 2.45) is 5.10 Å². The van der Waals surface area contributed by atoms with Crippen LogP contribution >= 0.6 is 22.6 Å². The largest absolute Gasteiger partial charge is 0.326 e. The van der Waals surface area contributed by atoms with Gasteiger partial charge in [0, 0.05) is 22.1 Å². The molecule has 0 saturated carbocycles. The quantitative estimate of drug-likeness (QED) is 0.412. The lowest BCUT2D eigenvalue weighted by Crippen LogP contribution is -2.20. The molecule has 0 aliphatic carbocycles. The lowest BCUT2D eigenvalue weighted by Gasteiger charge is -2.04. The number of carbonyl (C=O) groups excluding carboxylic acids is 2. The summed E-state index contributed by atoms with van der Waals surface area (Å²) in [5.74, 6) is -1.05. The molecule has 0 aliphatic rings. The number of hydrogen-bond acceptors (Lipinski definition) is 3. The fraction of sp³-hybridized carbons (Fsp3) is 0.118. The second kappa shape index (κ2) is 9.11. The first-order valence-corrected chi connectivity index (χ1v) is 8.24. The molecule has 2 rings (SSSR count). The van der Waals surface area contributed by atoms with Crippen molar-refractivity contribution in [3.63, 3.8) is 0 Å². The van der Waals surface area contributed by atoms with Crippen molar-refractivity contribution in [2.75, 3.05) is 5.32 Å². The molecule has 5 nitrogen and oxygen atoms in total. The van der Waals surface area contributed by atoms with Gasteiger partial charge in [0.1, 0.15) is 5.82 Å². The molecule has 0 fully saturated rings. The summed E-state index contributed by atoms with van der Waals surface area (Å²) in [6, 6.07) is 13.1. The molecule has 0 unspecified atom stereocenters. The van der Waals surface area contributed by atoms with Crippen LogP contribution in [0.4, 0.5) is 10.1 Å². The SMILES string of the molecule is O=C(CCC(=O)Nc1ccc(F)cc1)N/N=C/c1cccc(I)c1. The Labute approximate surface area is 152 Å². The molecular formula is C17H15FIN3O2. The van der Waals surface area contributed by atoms with Crippen molar-refractivity contribution >= 4 is 46.3 Å². The van der Waals surface area contributed by atoms with Crippen LogP contribution in [0.1, 0.15) is 18.4 Å². The number of hydrogen-bond donors (Lipinski definition) is 2. The molecule has 24 heavy (non-hydrogen) atoms. The number of carbonyl (C=O) groups is 2. The number of nitrogens with one attached hydrogen (secondary N) is 2. The summed E-state index contributed by atoms with van der Waals surface area (Å²) in [5.41, 5.74) is 3.73. The molecule has 7 heteroatoms. The molecule has 2 aromatic carbocycles.